The first-order valence-corrected chi connectivity index (χ1v) is 6.18. The normalized spacial score (nSPS) is 11.9. The summed E-state index contributed by atoms with van der Waals surface area (Å²) >= 11 is 0. The number of benzene rings is 1. The van der Waals surface area contributed by atoms with Gasteiger partial charge in [-0.05, 0) is 45.0 Å². The van der Waals surface area contributed by atoms with Gasteiger partial charge in [0.25, 0.3) is 0 Å². The number of carbonyl (C=O) groups is 1. The van der Waals surface area contributed by atoms with Gasteiger partial charge in [-0.25, -0.2) is 4.79 Å². The summed E-state index contributed by atoms with van der Waals surface area (Å²) in [6.45, 7) is 5.39. The maximum Gasteiger partial charge on any atom is 0.407 e. The molecule has 0 bridgehead atoms. The SMILES string of the molecule is COc1ccc(/C(CNC(=O)OC(C)(C)C)=N\O)cc1. The van der Waals surface area contributed by atoms with Gasteiger partial charge in [0.2, 0.25) is 0 Å². The van der Waals surface area contributed by atoms with Gasteiger partial charge < -0.3 is 20.0 Å². The Kier molecular flexibility index (Phi) is 5.37. The Hall–Kier alpha value is -2.24. The number of alkyl carbamates (subject to hydrolysis) is 1. The molecule has 1 amide bonds. The van der Waals surface area contributed by atoms with Crippen LogP contribution in [0.15, 0.2) is 29.4 Å². The quantitative estimate of drug-likeness (QED) is 0.504. The largest absolute Gasteiger partial charge is 0.497 e. The van der Waals surface area contributed by atoms with Crippen molar-refractivity contribution >= 4 is 11.8 Å². The molecule has 0 heterocycles. The number of hydrogen-bond donors (Lipinski definition) is 2. The van der Waals surface area contributed by atoms with E-state index in [9.17, 15) is 4.79 Å². The smallest absolute Gasteiger partial charge is 0.407 e. The molecule has 0 spiro atoms. The Bertz CT molecular complexity index is 475. The number of amides is 1. The Morgan fingerprint density at radius 1 is 1.30 bits per heavy atom. The van der Waals surface area contributed by atoms with E-state index < -0.39 is 11.7 Å². The molecular weight excluding hydrogens is 260 g/mol. The zero-order chi connectivity index (χ0) is 15.2. The van der Waals surface area contributed by atoms with E-state index in [4.69, 9.17) is 14.7 Å². The van der Waals surface area contributed by atoms with Crippen LogP contribution in [-0.4, -0.2) is 36.3 Å². The molecule has 20 heavy (non-hydrogen) atoms. The molecule has 2 N–H and O–H groups in total. The molecule has 0 unspecified atom stereocenters. The standard InChI is InChI=1S/C14H20N2O4/c1-14(2,3)20-13(17)15-9-12(16-18)10-5-7-11(19-4)8-6-10/h5-8,18H,9H2,1-4H3,(H,15,17)/b16-12-. The molecule has 0 atom stereocenters. The van der Waals surface area contributed by atoms with Gasteiger partial charge in [0.15, 0.2) is 0 Å². The van der Waals surface area contributed by atoms with E-state index in [-0.39, 0.29) is 6.54 Å². The molecule has 0 radical (unpaired) electrons. The Morgan fingerprint density at radius 2 is 1.90 bits per heavy atom. The van der Waals surface area contributed by atoms with Crippen LogP contribution in [-0.2, 0) is 4.74 Å². The monoisotopic (exact) mass is 280 g/mol. The van der Waals surface area contributed by atoms with E-state index in [0.717, 1.165) is 0 Å². The number of oxime groups is 1. The molecule has 0 aliphatic carbocycles. The van der Waals surface area contributed by atoms with Crippen LogP contribution in [0.5, 0.6) is 5.75 Å². The molecule has 1 aromatic carbocycles. The highest BCUT2D eigenvalue weighted by Gasteiger charge is 2.16. The van der Waals surface area contributed by atoms with E-state index in [1.54, 1.807) is 52.1 Å². The van der Waals surface area contributed by atoms with Crippen LogP contribution in [0.2, 0.25) is 0 Å². The van der Waals surface area contributed by atoms with Crippen LogP contribution < -0.4 is 10.1 Å². The minimum atomic E-state index is -0.569. The summed E-state index contributed by atoms with van der Waals surface area (Å²) in [5.41, 5.74) is 0.448. The second kappa shape index (κ2) is 6.79. The Morgan fingerprint density at radius 3 is 2.35 bits per heavy atom. The maximum absolute atomic E-state index is 11.5. The summed E-state index contributed by atoms with van der Waals surface area (Å²) in [7, 11) is 1.57. The van der Waals surface area contributed by atoms with Crippen molar-refractivity contribution in [3.8, 4) is 5.75 Å². The molecule has 0 aromatic heterocycles. The number of rotatable bonds is 4. The van der Waals surface area contributed by atoms with Crippen LogP contribution in [0, 0.1) is 0 Å². The lowest BCUT2D eigenvalue weighted by Gasteiger charge is -2.19. The maximum atomic E-state index is 11.5. The fourth-order valence-electron chi connectivity index (χ4n) is 1.45. The van der Waals surface area contributed by atoms with E-state index in [1.165, 1.54) is 0 Å². The molecule has 1 aromatic rings. The highest BCUT2D eigenvalue weighted by Crippen LogP contribution is 2.12. The van der Waals surface area contributed by atoms with Crippen LogP contribution >= 0.6 is 0 Å². The number of hydrogen-bond acceptors (Lipinski definition) is 5. The molecule has 0 fully saturated rings. The number of nitrogens with zero attached hydrogens (tertiary/aromatic N) is 1. The van der Waals surface area contributed by atoms with Gasteiger partial charge in [-0.15, -0.1) is 0 Å². The summed E-state index contributed by atoms with van der Waals surface area (Å²) in [5.74, 6) is 0.700. The second-order valence-electron chi connectivity index (χ2n) is 5.13. The molecular formula is C14H20N2O4. The van der Waals surface area contributed by atoms with Crippen molar-refractivity contribution in [2.75, 3.05) is 13.7 Å². The van der Waals surface area contributed by atoms with Gasteiger partial charge in [-0.2, -0.15) is 0 Å². The zero-order valence-corrected chi connectivity index (χ0v) is 12.1. The van der Waals surface area contributed by atoms with E-state index in [2.05, 4.69) is 10.5 Å². The predicted octanol–water partition coefficient (Wildman–Crippen LogP) is 2.40. The number of ether oxygens (including phenoxy) is 2. The fraction of sp³-hybridized carbons (Fsp3) is 0.429. The minimum Gasteiger partial charge on any atom is -0.497 e. The van der Waals surface area contributed by atoms with Crippen molar-refractivity contribution in [1.29, 1.82) is 0 Å². The van der Waals surface area contributed by atoms with E-state index in [1.807, 2.05) is 0 Å². The third-order valence-electron chi connectivity index (χ3n) is 2.34. The minimum absolute atomic E-state index is 0.0672. The van der Waals surface area contributed by atoms with Gasteiger partial charge in [0.05, 0.1) is 13.7 Å². The number of carbonyl (C=O) groups excluding carboxylic acids is 1. The first-order valence-electron chi connectivity index (χ1n) is 6.18. The molecule has 0 saturated carbocycles. The van der Waals surface area contributed by atoms with Crippen molar-refractivity contribution in [2.24, 2.45) is 5.16 Å². The molecule has 0 aliphatic heterocycles. The average molecular weight is 280 g/mol. The van der Waals surface area contributed by atoms with Crippen molar-refractivity contribution < 1.29 is 19.5 Å². The van der Waals surface area contributed by atoms with Crippen LogP contribution in [0.25, 0.3) is 0 Å². The highest BCUT2D eigenvalue weighted by molar-refractivity contribution is 6.02. The molecule has 6 nitrogen and oxygen atoms in total. The van der Waals surface area contributed by atoms with Crippen LogP contribution in [0.3, 0.4) is 0 Å². The lowest BCUT2D eigenvalue weighted by molar-refractivity contribution is 0.0536. The van der Waals surface area contributed by atoms with Gasteiger partial charge in [-0.1, -0.05) is 5.16 Å². The van der Waals surface area contributed by atoms with Gasteiger partial charge in [0.1, 0.15) is 17.1 Å². The number of methoxy groups -OCH3 is 1. The fourth-order valence-corrected chi connectivity index (χ4v) is 1.45. The van der Waals surface area contributed by atoms with Gasteiger partial charge in [-0.3, -0.25) is 0 Å². The molecule has 0 aliphatic rings. The van der Waals surface area contributed by atoms with Crippen molar-refractivity contribution in [3.05, 3.63) is 29.8 Å². The van der Waals surface area contributed by atoms with Crippen molar-refractivity contribution in [2.45, 2.75) is 26.4 Å². The highest BCUT2D eigenvalue weighted by atomic mass is 16.6. The summed E-state index contributed by atoms with van der Waals surface area (Å²) in [4.78, 5) is 11.5. The van der Waals surface area contributed by atoms with Crippen molar-refractivity contribution in [1.82, 2.24) is 5.32 Å². The summed E-state index contributed by atoms with van der Waals surface area (Å²) in [6, 6.07) is 6.97. The summed E-state index contributed by atoms with van der Waals surface area (Å²) < 4.78 is 10.1. The topological polar surface area (TPSA) is 80.2 Å². The molecule has 0 saturated heterocycles. The van der Waals surface area contributed by atoms with E-state index in [0.29, 0.717) is 17.0 Å². The molecule has 6 heteroatoms. The molecule has 110 valence electrons. The van der Waals surface area contributed by atoms with Crippen molar-refractivity contribution in [3.63, 3.8) is 0 Å². The zero-order valence-electron chi connectivity index (χ0n) is 12.1. The third-order valence-corrected chi connectivity index (χ3v) is 2.34. The third kappa shape index (κ3) is 5.17. The lowest BCUT2D eigenvalue weighted by Crippen LogP contribution is -2.35. The Balaban J connectivity index is 2.62. The first-order chi connectivity index (χ1) is 9.35. The van der Waals surface area contributed by atoms with Gasteiger partial charge >= 0.3 is 6.09 Å². The van der Waals surface area contributed by atoms with Crippen LogP contribution in [0.4, 0.5) is 4.79 Å². The molecule has 1 rings (SSSR count). The van der Waals surface area contributed by atoms with E-state index >= 15 is 0 Å². The van der Waals surface area contributed by atoms with Gasteiger partial charge in [0, 0.05) is 5.56 Å². The average Bonchev–Trinajstić information content (AvgIpc) is 2.38. The number of nitrogens with one attached hydrogen (secondary N) is 1. The van der Waals surface area contributed by atoms with Crippen LogP contribution in [0.1, 0.15) is 26.3 Å². The summed E-state index contributed by atoms with van der Waals surface area (Å²) in [5, 5.41) is 14.7. The first kappa shape index (κ1) is 15.8. The Labute approximate surface area is 118 Å². The predicted molar refractivity (Wildman–Crippen MR) is 75.6 cm³/mol. The second-order valence-corrected chi connectivity index (χ2v) is 5.13. The lowest BCUT2D eigenvalue weighted by atomic mass is 10.1. The summed E-state index contributed by atoms with van der Waals surface area (Å²) in [6.07, 6.45) is -0.563.